The first-order valence-electron chi connectivity index (χ1n) is 6.89. The first-order chi connectivity index (χ1) is 9.66. The maximum Gasteiger partial charge on any atom is 0.251 e. The van der Waals surface area contributed by atoms with Crippen molar-refractivity contribution >= 4 is 11.8 Å². The van der Waals surface area contributed by atoms with E-state index in [2.05, 4.69) is 5.32 Å². The predicted octanol–water partition coefficient (Wildman–Crippen LogP) is 0.863. The number of carbonyl (C=O) groups is 2. The van der Waals surface area contributed by atoms with Gasteiger partial charge in [0.25, 0.3) is 5.91 Å². The SMILES string of the molecule is CN1C(=O)CO[C@@H](C(=O)NC2CC2)[C@@H]1c1ccccc1. The molecule has 2 amide bonds. The highest BCUT2D eigenvalue weighted by Crippen LogP contribution is 2.30. The van der Waals surface area contributed by atoms with Gasteiger partial charge in [-0.1, -0.05) is 30.3 Å². The quantitative estimate of drug-likeness (QED) is 0.889. The van der Waals surface area contributed by atoms with Crippen molar-refractivity contribution in [2.75, 3.05) is 13.7 Å². The zero-order valence-corrected chi connectivity index (χ0v) is 11.4. The van der Waals surface area contributed by atoms with Crippen molar-refractivity contribution in [3.05, 3.63) is 35.9 Å². The molecule has 2 aliphatic rings. The molecular formula is C15H18N2O3. The Balaban J connectivity index is 1.85. The molecule has 0 aromatic heterocycles. The van der Waals surface area contributed by atoms with Gasteiger partial charge in [-0.25, -0.2) is 0 Å². The first kappa shape index (κ1) is 13.1. The fourth-order valence-electron chi connectivity index (χ4n) is 2.49. The van der Waals surface area contributed by atoms with Crippen LogP contribution in [0.4, 0.5) is 0 Å². The molecule has 1 aromatic rings. The van der Waals surface area contributed by atoms with Gasteiger partial charge >= 0.3 is 0 Å². The first-order valence-corrected chi connectivity index (χ1v) is 6.89. The molecule has 3 rings (SSSR count). The smallest absolute Gasteiger partial charge is 0.251 e. The van der Waals surface area contributed by atoms with Crippen LogP contribution in [-0.2, 0) is 14.3 Å². The van der Waals surface area contributed by atoms with E-state index in [4.69, 9.17) is 4.74 Å². The highest BCUT2D eigenvalue weighted by molar-refractivity contribution is 5.86. The lowest BCUT2D eigenvalue weighted by atomic mass is 9.97. The molecule has 1 N–H and O–H groups in total. The fourth-order valence-corrected chi connectivity index (χ4v) is 2.49. The van der Waals surface area contributed by atoms with Crippen LogP contribution in [0.1, 0.15) is 24.4 Å². The van der Waals surface area contributed by atoms with Gasteiger partial charge in [-0.05, 0) is 18.4 Å². The molecule has 0 radical (unpaired) electrons. The van der Waals surface area contributed by atoms with E-state index >= 15 is 0 Å². The van der Waals surface area contributed by atoms with Crippen molar-refractivity contribution in [3.8, 4) is 0 Å². The van der Waals surface area contributed by atoms with Crippen molar-refractivity contribution in [1.29, 1.82) is 0 Å². The Morgan fingerprint density at radius 3 is 2.65 bits per heavy atom. The van der Waals surface area contributed by atoms with Crippen LogP contribution in [0.5, 0.6) is 0 Å². The number of morpholine rings is 1. The molecule has 2 fully saturated rings. The summed E-state index contributed by atoms with van der Waals surface area (Å²) in [5, 5.41) is 2.96. The average molecular weight is 274 g/mol. The molecule has 1 heterocycles. The monoisotopic (exact) mass is 274 g/mol. The van der Waals surface area contributed by atoms with Gasteiger partial charge in [0.05, 0.1) is 6.04 Å². The predicted molar refractivity (Wildman–Crippen MR) is 72.9 cm³/mol. The molecule has 20 heavy (non-hydrogen) atoms. The molecule has 1 saturated carbocycles. The number of hydrogen-bond donors (Lipinski definition) is 1. The minimum absolute atomic E-state index is 0.0391. The van der Waals surface area contributed by atoms with E-state index in [1.165, 1.54) is 0 Å². The van der Waals surface area contributed by atoms with Crippen LogP contribution in [0.25, 0.3) is 0 Å². The molecule has 2 atom stereocenters. The van der Waals surface area contributed by atoms with Crippen LogP contribution in [0, 0.1) is 0 Å². The third-order valence-corrected chi connectivity index (χ3v) is 3.81. The molecule has 1 aliphatic carbocycles. The lowest BCUT2D eigenvalue weighted by Gasteiger charge is -2.38. The maximum atomic E-state index is 12.3. The van der Waals surface area contributed by atoms with Gasteiger partial charge in [0.2, 0.25) is 5.91 Å². The van der Waals surface area contributed by atoms with Crippen LogP contribution in [0.15, 0.2) is 30.3 Å². The minimum atomic E-state index is -0.638. The van der Waals surface area contributed by atoms with Gasteiger partial charge in [-0.15, -0.1) is 0 Å². The molecule has 5 heteroatoms. The molecular weight excluding hydrogens is 256 g/mol. The highest BCUT2D eigenvalue weighted by Gasteiger charge is 2.41. The van der Waals surface area contributed by atoms with Crippen LogP contribution >= 0.6 is 0 Å². The van der Waals surface area contributed by atoms with Gasteiger partial charge in [-0.3, -0.25) is 9.59 Å². The number of likely N-dealkylation sites (N-methyl/N-ethyl adjacent to an activating group) is 1. The van der Waals surface area contributed by atoms with E-state index in [9.17, 15) is 9.59 Å². The summed E-state index contributed by atoms with van der Waals surface area (Å²) in [7, 11) is 1.72. The summed E-state index contributed by atoms with van der Waals surface area (Å²) < 4.78 is 5.51. The largest absolute Gasteiger partial charge is 0.356 e. The Hall–Kier alpha value is -1.88. The number of ether oxygens (including phenoxy) is 1. The number of amides is 2. The lowest BCUT2D eigenvalue weighted by molar-refractivity contribution is -0.162. The Kier molecular flexibility index (Phi) is 3.44. The molecule has 0 unspecified atom stereocenters. The number of benzene rings is 1. The Morgan fingerprint density at radius 1 is 1.30 bits per heavy atom. The highest BCUT2D eigenvalue weighted by atomic mass is 16.5. The third-order valence-electron chi connectivity index (χ3n) is 3.81. The van der Waals surface area contributed by atoms with Crippen LogP contribution < -0.4 is 5.32 Å². The maximum absolute atomic E-state index is 12.3. The van der Waals surface area contributed by atoms with Gasteiger partial charge < -0.3 is 15.0 Å². The summed E-state index contributed by atoms with van der Waals surface area (Å²) in [6.07, 6.45) is 1.42. The zero-order valence-electron chi connectivity index (χ0n) is 11.4. The number of nitrogens with zero attached hydrogens (tertiary/aromatic N) is 1. The van der Waals surface area contributed by atoms with E-state index in [0.29, 0.717) is 0 Å². The van der Waals surface area contributed by atoms with E-state index in [1.54, 1.807) is 11.9 Å². The summed E-state index contributed by atoms with van der Waals surface area (Å²) >= 11 is 0. The van der Waals surface area contributed by atoms with E-state index in [1.807, 2.05) is 30.3 Å². The zero-order chi connectivity index (χ0) is 14.1. The van der Waals surface area contributed by atoms with Crippen molar-refractivity contribution in [3.63, 3.8) is 0 Å². The van der Waals surface area contributed by atoms with Gasteiger partial charge in [-0.2, -0.15) is 0 Å². The summed E-state index contributed by atoms with van der Waals surface area (Å²) in [5.74, 6) is -0.227. The summed E-state index contributed by atoms with van der Waals surface area (Å²) in [4.78, 5) is 25.8. The van der Waals surface area contributed by atoms with Gasteiger partial charge in [0, 0.05) is 13.1 Å². The van der Waals surface area contributed by atoms with Crippen LogP contribution in [0.3, 0.4) is 0 Å². The number of hydrogen-bond acceptors (Lipinski definition) is 3. The summed E-state index contributed by atoms with van der Waals surface area (Å²) in [6.45, 7) is -0.0391. The van der Waals surface area contributed by atoms with E-state index < -0.39 is 6.10 Å². The Morgan fingerprint density at radius 2 is 2.00 bits per heavy atom. The van der Waals surface area contributed by atoms with Crippen LogP contribution in [0.2, 0.25) is 0 Å². The normalized spacial score (nSPS) is 26.4. The molecule has 0 spiro atoms. The standard InChI is InChI=1S/C15H18N2O3/c1-17-12(18)9-20-14(15(19)16-11-7-8-11)13(17)10-5-3-2-4-6-10/h2-6,11,13-14H,7-9H2,1H3,(H,16,19)/t13-,14+/m0/s1. The number of nitrogens with one attached hydrogen (secondary N) is 1. The van der Waals surface area contributed by atoms with E-state index in [0.717, 1.165) is 18.4 Å². The number of rotatable bonds is 3. The molecule has 1 aliphatic heterocycles. The second-order valence-corrected chi connectivity index (χ2v) is 5.37. The molecule has 5 nitrogen and oxygen atoms in total. The average Bonchev–Trinajstić information content (AvgIpc) is 3.26. The summed E-state index contributed by atoms with van der Waals surface area (Å²) in [6, 6.07) is 9.47. The van der Waals surface area contributed by atoms with Crippen molar-refractivity contribution < 1.29 is 14.3 Å². The third kappa shape index (κ3) is 2.54. The van der Waals surface area contributed by atoms with Crippen LogP contribution in [-0.4, -0.2) is 42.5 Å². The molecule has 1 aromatic carbocycles. The lowest BCUT2D eigenvalue weighted by Crippen LogP contribution is -2.53. The Bertz CT molecular complexity index is 513. The minimum Gasteiger partial charge on any atom is -0.356 e. The number of carbonyl (C=O) groups excluding carboxylic acids is 2. The van der Waals surface area contributed by atoms with Gasteiger partial charge in [0.15, 0.2) is 6.10 Å². The van der Waals surface area contributed by atoms with E-state index in [-0.39, 0.29) is 30.5 Å². The van der Waals surface area contributed by atoms with Crippen molar-refractivity contribution in [2.45, 2.75) is 31.0 Å². The molecule has 1 saturated heterocycles. The summed E-state index contributed by atoms with van der Waals surface area (Å²) in [5.41, 5.74) is 0.916. The second-order valence-electron chi connectivity index (χ2n) is 5.37. The van der Waals surface area contributed by atoms with Crippen molar-refractivity contribution in [2.24, 2.45) is 0 Å². The fraction of sp³-hybridized carbons (Fsp3) is 0.467. The topological polar surface area (TPSA) is 58.6 Å². The molecule has 0 bridgehead atoms. The van der Waals surface area contributed by atoms with Gasteiger partial charge in [0.1, 0.15) is 6.61 Å². The molecule has 106 valence electrons. The second kappa shape index (κ2) is 5.25. The van der Waals surface area contributed by atoms with Crippen molar-refractivity contribution in [1.82, 2.24) is 10.2 Å². The Labute approximate surface area is 117 Å².